The van der Waals surface area contributed by atoms with Crippen molar-refractivity contribution in [3.05, 3.63) is 75.6 Å². The van der Waals surface area contributed by atoms with Gasteiger partial charge in [-0.2, -0.15) is 5.26 Å². The van der Waals surface area contributed by atoms with Crippen LogP contribution in [0.3, 0.4) is 0 Å². The van der Waals surface area contributed by atoms with Crippen LogP contribution in [0.2, 0.25) is 5.02 Å². The maximum atomic E-state index is 9.42. The van der Waals surface area contributed by atoms with E-state index in [1.807, 2.05) is 53.9 Å². The first-order chi connectivity index (χ1) is 10.8. The molecule has 2 aromatic carbocycles. The Morgan fingerprint density at radius 1 is 1.09 bits per heavy atom. The minimum absolute atomic E-state index is 0.514. The highest BCUT2D eigenvalue weighted by molar-refractivity contribution is 7.11. The Hall–Kier alpha value is -2.41. The molecular weight excluding hydrogens is 312 g/mol. The molecule has 0 fully saturated rings. The SMILES string of the molecule is N#C/C(=C\c1ccccc1Cl)c1nc(-c2ccccc2)cs1. The van der Waals surface area contributed by atoms with Crippen molar-refractivity contribution in [3.63, 3.8) is 0 Å². The Morgan fingerprint density at radius 3 is 2.55 bits per heavy atom. The van der Waals surface area contributed by atoms with Crippen LogP contribution >= 0.6 is 22.9 Å². The molecule has 0 aliphatic rings. The molecular formula is C18H11ClN2S. The van der Waals surface area contributed by atoms with Crippen LogP contribution in [0.1, 0.15) is 10.6 Å². The molecule has 0 saturated heterocycles. The molecule has 0 aliphatic carbocycles. The van der Waals surface area contributed by atoms with Gasteiger partial charge in [-0.05, 0) is 17.7 Å². The fraction of sp³-hybridized carbons (Fsp3) is 0. The predicted octanol–water partition coefficient (Wildman–Crippen LogP) is 5.53. The van der Waals surface area contributed by atoms with Gasteiger partial charge < -0.3 is 0 Å². The van der Waals surface area contributed by atoms with Crippen molar-refractivity contribution in [3.8, 4) is 17.3 Å². The van der Waals surface area contributed by atoms with Gasteiger partial charge in [0.1, 0.15) is 11.1 Å². The van der Waals surface area contributed by atoms with Gasteiger partial charge in [0.2, 0.25) is 0 Å². The third-order valence-corrected chi connectivity index (χ3v) is 4.35. The molecule has 0 atom stereocenters. The van der Waals surface area contributed by atoms with Gasteiger partial charge in [0.25, 0.3) is 0 Å². The molecule has 0 radical (unpaired) electrons. The Morgan fingerprint density at radius 2 is 1.82 bits per heavy atom. The van der Waals surface area contributed by atoms with Gasteiger partial charge in [0.05, 0.1) is 11.3 Å². The van der Waals surface area contributed by atoms with E-state index >= 15 is 0 Å². The van der Waals surface area contributed by atoms with Gasteiger partial charge in [0, 0.05) is 16.0 Å². The highest BCUT2D eigenvalue weighted by Gasteiger charge is 2.09. The molecule has 0 bridgehead atoms. The third kappa shape index (κ3) is 3.09. The van der Waals surface area contributed by atoms with Gasteiger partial charge in [-0.3, -0.25) is 0 Å². The minimum Gasteiger partial charge on any atom is -0.235 e. The summed E-state index contributed by atoms with van der Waals surface area (Å²) >= 11 is 7.60. The highest BCUT2D eigenvalue weighted by atomic mass is 35.5. The lowest BCUT2D eigenvalue weighted by Crippen LogP contribution is -1.83. The molecule has 0 amide bonds. The number of halogens is 1. The van der Waals surface area contributed by atoms with Crippen LogP contribution in [0.15, 0.2) is 60.0 Å². The Bertz CT molecular complexity index is 860. The number of hydrogen-bond donors (Lipinski definition) is 0. The van der Waals surface area contributed by atoms with Crippen LogP contribution in [0, 0.1) is 11.3 Å². The van der Waals surface area contributed by atoms with E-state index in [0.717, 1.165) is 16.8 Å². The third-order valence-electron chi connectivity index (χ3n) is 3.13. The van der Waals surface area contributed by atoms with Crippen molar-refractivity contribution in [2.24, 2.45) is 0 Å². The average molecular weight is 323 g/mol. The van der Waals surface area contributed by atoms with Crippen molar-refractivity contribution < 1.29 is 0 Å². The molecule has 0 N–H and O–H groups in total. The van der Waals surface area contributed by atoms with Gasteiger partial charge in [0.15, 0.2) is 0 Å². The minimum atomic E-state index is 0.514. The van der Waals surface area contributed by atoms with Gasteiger partial charge in [-0.15, -0.1) is 11.3 Å². The van der Waals surface area contributed by atoms with Crippen molar-refractivity contribution in [2.45, 2.75) is 0 Å². The van der Waals surface area contributed by atoms with E-state index in [4.69, 9.17) is 11.6 Å². The number of benzene rings is 2. The normalized spacial score (nSPS) is 11.2. The number of allylic oxidation sites excluding steroid dienone is 1. The number of hydrogen-bond acceptors (Lipinski definition) is 3. The van der Waals surface area contributed by atoms with E-state index < -0.39 is 0 Å². The van der Waals surface area contributed by atoms with Crippen molar-refractivity contribution in [2.75, 3.05) is 0 Å². The first-order valence-electron chi connectivity index (χ1n) is 6.65. The summed E-state index contributed by atoms with van der Waals surface area (Å²) in [6, 6.07) is 19.6. The van der Waals surface area contributed by atoms with Gasteiger partial charge >= 0.3 is 0 Å². The second-order valence-electron chi connectivity index (χ2n) is 4.60. The fourth-order valence-electron chi connectivity index (χ4n) is 2.03. The van der Waals surface area contributed by atoms with Crippen LogP contribution < -0.4 is 0 Å². The molecule has 0 saturated carbocycles. The molecule has 22 heavy (non-hydrogen) atoms. The quantitative estimate of drug-likeness (QED) is 0.595. The van der Waals surface area contributed by atoms with E-state index in [-0.39, 0.29) is 0 Å². The first kappa shape index (κ1) is 14.5. The number of rotatable bonds is 3. The van der Waals surface area contributed by atoms with Crippen LogP contribution in [0.5, 0.6) is 0 Å². The lowest BCUT2D eigenvalue weighted by Gasteiger charge is -1.98. The number of thiazole rings is 1. The number of nitriles is 1. The van der Waals surface area contributed by atoms with E-state index in [1.54, 1.807) is 12.1 Å². The largest absolute Gasteiger partial charge is 0.235 e. The fourth-order valence-corrected chi connectivity index (χ4v) is 3.01. The summed E-state index contributed by atoms with van der Waals surface area (Å²) < 4.78 is 0. The number of nitrogens with zero attached hydrogens (tertiary/aromatic N) is 2. The molecule has 3 aromatic rings. The Balaban J connectivity index is 1.98. The van der Waals surface area contributed by atoms with Crippen LogP contribution in [-0.2, 0) is 0 Å². The molecule has 3 rings (SSSR count). The molecule has 1 heterocycles. The zero-order valence-electron chi connectivity index (χ0n) is 11.5. The summed E-state index contributed by atoms with van der Waals surface area (Å²) in [7, 11) is 0. The molecule has 1 aromatic heterocycles. The summed E-state index contributed by atoms with van der Waals surface area (Å²) in [4.78, 5) is 4.56. The Kier molecular flexibility index (Phi) is 4.34. The second-order valence-corrected chi connectivity index (χ2v) is 5.86. The zero-order chi connectivity index (χ0) is 15.4. The highest BCUT2D eigenvalue weighted by Crippen LogP contribution is 2.28. The summed E-state index contributed by atoms with van der Waals surface area (Å²) in [6.45, 7) is 0. The van der Waals surface area contributed by atoms with E-state index in [0.29, 0.717) is 15.6 Å². The molecule has 0 spiro atoms. The molecule has 2 nitrogen and oxygen atoms in total. The van der Waals surface area contributed by atoms with Crippen LogP contribution in [0.25, 0.3) is 22.9 Å². The lowest BCUT2D eigenvalue weighted by atomic mass is 10.1. The van der Waals surface area contributed by atoms with Crippen molar-refractivity contribution in [1.29, 1.82) is 5.26 Å². The van der Waals surface area contributed by atoms with Gasteiger partial charge in [-0.25, -0.2) is 4.98 Å². The van der Waals surface area contributed by atoms with Crippen LogP contribution in [0.4, 0.5) is 0 Å². The molecule has 106 valence electrons. The molecule has 0 unspecified atom stereocenters. The monoisotopic (exact) mass is 322 g/mol. The summed E-state index contributed by atoms with van der Waals surface area (Å²) in [6.07, 6.45) is 1.77. The van der Waals surface area contributed by atoms with E-state index in [9.17, 15) is 5.26 Å². The molecule has 4 heteroatoms. The van der Waals surface area contributed by atoms with Gasteiger partial charge in [-0.1, -0.05) is 60.1 Å². The first-order valence-corrected chi connectivity index (χ1v) is 7.91. The van der Waals surface area contributed by atoms with E-state index in [1.165, 1.54) is 11.3 Å². The standard InChI is InChI=1S/C18H11ClN2S/c19-16-9-5-4-8-14(16)10-15(11-20)18-21-17(12-22-18)13-6-2-1-3-7-13/h1-10,12H/b15-10+. The second kappa shape index (κ2) is 6.57. The summed E-state index contributed by atoms with van der Waals surface area (Å²) in [5.41, 5.74) is 3.25. The smallest absolute Gasteiger partial charge is 0.134 e. The molecule has 0 aliphatic heterocycles. The van der Waals surface area contributed by atoms with Crippen molar-refractivity contribution >= 4 is 34.6 Å². The maximum absolute atomic E-state index is 9.42. The van der Waals surface area contributed by atoms with E-state index in [2.05, 4.69) is 11.1 Å². The van der Waals surface area contributed by atoms with Crippen LogP contribution in [-0.4, -0.2) is 4.98 Å². The Labute approximate surface area is 138 Å². The van der Waals surface area contributed by atoms with Crippen molar-refractivity contribution in [1.82, 2.24) is 4.98 Å². The average Bonchev–Trinajstić information content (AvgIpc) is 3.05. The lowest BCUT2D eigenvalue weighted by molar-refractivity contribution is 1.37. The summed E-state index contributed by atoms with van der Waals surface area (Å²) in [5, 5.41) is 12.7. The maximum Gasteiger partial charge on any atom is 0.134 e. The predicted molar refractivity (Wildman–Crippen MR) is 92.5 cm³/mol. The topological polar surface area (TPSA) is 36.7 Å². The summed E-state index contributed by atoms with van der Waals surface area (Å²) in [5.74, 6) is 0. The zero-order valence-corrected chi connectivity index (χ0v) is 13.1. The number of aromatic nitrogens is 1.